The molecule has 0 aromatic heterocycles. The van der Waals surface area contributed by atoms with E-state index < -0.39 is 0 Å². The molecule has 138 valence electrons. The van der Waals surface area contributed by atoms with Gasteiger partial charge in [0.2, 0.25) is 11.8 Å². The molecule has 0 saturated carbocycles. The highest BCUT2D eigenvalue weighted by Crippen LogP contribution is 2.26. The van der Waals surface area contributed by atoms with E-state index in [1.165, 1.54) is 11.8 Å². The van der Waals surface area contributed by atoms with E-state index in [4.69, 9.17) is 16.3 Å². The zero-order valence-electron chi connectivity index (χ0n) is 15.2. The molecule has 2 aromatic carbocycles. The molecule has 0 aliphatic rings. The SMILES string of the molecule is COc1ccccc1CCNC(=O)CN(C(C)=O)c1cccc(Cl)c1C. The second-order valence-electron chi connectivity index (χ2n) is 5.90. The van der Waals surface area contributed by atoms with Gasteiger partial charge in [-0.3, -0.25) is 9.59 Å². The van der Waals surface area contributed by atoms with Gasteiger partial charge < -0.3 is 15.0 Å². The Morgan fingerprint density at radius 3 is 2.58 bits per heavy atom. The molecule has 0 unspecified atom stereocenters. The zero-order chi connectivity index (χ0) is 19.1. The van der Waals surface area contributed by atoms with E-state index in [2.05, 4.69) is 5.32 Å². The van der Waals surface area contributed by atoms with Crippen LogP contribution in [0.5, 0.6) is 5.75 Å². The number of para-hydroxylation sites is 1. The van der Waals surface area contributed by atoms with Gasteiger partial charge in [0, 0.05) is 24.2 Å². The van der Waals surface area contributed by atoms with Crippen molar-refractivity contribution in [2.24, 2.45) is 0 Å². The number of nitrogens with zero attached hydrogens (tertiary/aromatic N) is 1. The van der Waals surface area contributed by atoms with Crippen LogP contribution in [0.15, 0.2) is 42.5 Å². The molecule has 6 heteroatoms. The lowest BCUT2D eigenvalue weighted by Crippen LogP contribution is -2.40. The van der Waals surface area contributed by atoms with Crippen LogP contribution < -0.4 is 15.0 Å². The van der Waals surface area contributed by atoms with Crippen molar-refractivity contribution in [3.8, 4) is 5.75 Å². The largest absolute Gasteiger partial charge is 0.496 e. The molecule has 0 saturated heterocycles. The number of carbonyl (C=O) groups is 2. The van der Waals surface area contributed by atoms with Crippen molar-refractivity contribution in [3.63, 3.8) is 0 Å². The molecule has 0 atom stereocenters. The summed E-state index contributed by atoms with van der Waals surface area (Å²) in [5.41, 5.74) is 2.43. The number of rotatable bonds is 7. The van der Waals surface area contributed by atoms with Crippen molar-refractivity contribution in [3.05, 3.63) is 58.6 Å². The minimum Gasteiger partial charge on any atom is -0.496 e. The van der Waals surface area contributed by atoms with E-state index in [1.807, 2.05) is 31.2 Å². The number of nitrogens with one attached hydrogen (secondary N) is 1. The summed E-state index contributed by atoms with van der Waals surface area (Å²) >= 11 is 6.13. The molecule has 2 rings (SSSR count). The van der Waals surface area contributed by atoms with Crippen LogP contribution in [-0.4, -0.2) is 32.0 Å². The smallest absolute Gasteiger partial charge is 0.240 e. The van der Waals surface area contributed by atoms with Gasteiger partial charge in [0.05, 0.1) is 7.11 Å². The Morgan fingerprint density at radius 2 is 1.88 bits per heavy atom. The van der Waals surface area contributed by atoms with Gasteiger partial charge in [-0.15, -0.1) is 0 Å². The molecule has 2 amide bonds. The molecule has 0 aliphatic heterocycles. The maximum absolute atomic E-state index is 12.3. The quantitative estimate of drug-likeness (QED) is 0.808. The van der Waals surface area contributed by atoms with Crippen LogP contribution in [0.25, 0.3) is 0 Å². The molecule has 0 bridgehead atoms. The Kier molecular flexibility index (Phi) is 7.04. The van der Waals surface area contributed by atoms with Crippen molar-refractivity contribution in [2.45, 2.75) is 20.3 Å². The highest BCUT2D eigenvalue weighted by Gasteiger charge is 2.18. The van der Waals surface area contributed by atoms with E-state index in [9.17, 15) is 9.59 Å². The van der Waals surface area contributed by atoms with Crippen LogP contribution in [0.4, 0.5) is 5.69 Å². The Morgan fingerprint density at radius 1 is 1.15 bits per heavy atom. The first-order chi connectivity index (χ1) is 12.4. The topological polar surface area (TPSA) is 58.6 Å². The molecule has 0 fully saturated rings. The highest BCUT2D eigenvalue weighted by atomic mass is 35.5. The van der Waals surface area contributed by atoms with Gasteiger partial charge in [-0.1, -0.05) is 35.9 Å². The molecule has 0 aliphatic carbocycles. The first kappa shape index (κ1) is 19.8. The fourth-order valence-electron chi connectivity index (χ4n) is 2.70. The van der Waals surface area contributed by atoms with Crippen LogP contribution >= 0.6 is 11.6 Å². The Balaban J connectivity index is 1.98. The summed E-state index contributed by atoms with van der Waals surface area (Å²) in [6.45, 7) is 3.66. The Labute approximate surface area is 158 Å². The van der Waals surface area contributed by atoms with Crippen molar-refractivity contribution >= 4 is 29.1 Å². The van der Waals surface area contributed by atoms with E-state index in [0.29, 0.717) is 23.7 Å². The second-order valence-corrected chi connectivity index (χ2v) is 6.31. The minimum absolute atomic E-state index is 0.0531. The first-order valence-corrected chi connectivity index (χ1v) is 8.73. The summed E-state index contributed by atoms with van der Waals surface area (Å²) in [5.74, 6) is 0.353. The predicted octanol–water partition coefficient (Wildman–Crippen LogP) is 3.37. The van der Waals surface area contributed by atoms with Crippen LogP contribution in [0.3, 0.4) is 0 Å². The number of hydrogen-bond donors (Lipinski definition) is 1. The predicted molar refractivity (Wildman–Crippen MR) is 104 cm³/mol. The average Bonchev–Trinajstić information content (AvgIpc) is 2.62. The maximum atomic E-state index is 12.3. The zero-order valence-corrected chi connectivity index (χ0v) is 16.0. The number of amides is 2. The summed E-state index contributed by atoms with van der Waals surface area (Å²) in [4.78, 5) is 25.7. The van der Waals surface area contributed by atoms with E-state index in [-0.39, 0.29) is 18.4 Å². The third-order valence-electron chi connectivity index (χ3n) is 4.12. The van der Waals surface area contributed by atoms with Crippen molar-refractivity contribution in [1.29, 1.82) is 0 Å². The van der Waals surface area contributed by atoms with Gasteiger partial charge in [-0.2, -0.15) is 0 Å². The fourth-order valence-corrected chi connectivity index (χ4v) is 2.87. The van der Waals surface area contributed by atoms with Crippen LogP contribution in [0.1, 0.15) is 18.1 Å². The molecular formula is C20H23ClN2O3. The molecule has 0 radical (unpaired) electrons. The molecule has 0 spiro atoms. The average molecular weight is 375 g/mol. The Bertz CT molecular complexity index is 792. The lowest BCUT2D eigenvalue weighted by molar-refractivity contribution is -0.123. The van der Waals surface area contributed by atoms with Crippen LogP contribution in [0, 0.1) is 6.92 Å². The van der Waals surface area contributed by atoms with E-state index in [0.717, 1.165) is 16.9 Å². The number of carbonyl (C=O) groups excluding carboxylic acids is 2. The molecule has 1 N–H and O–H groups in total. The van der Waals surface area contributed by atoms with Crippen molar-refractivity contribution in [1.82, 2.24) is 5.32 Å². The number of methoxy groups -OCH3 is 1. The molecule has 2 aromatic rings. The molecular weight excluding hydrogens is 352 g/mol. The monoisotopic (exact) mass is 374 g/mol. The number of ether oxygens (including phenoxy) is 1. The molecule has 26 heavy (non-hydrogen) atoms. The third-order valence-corrected chi connectivity index (χ3v) is 4.53. The lowest BCUT2D eigenvalue weighted by Gasteiger charge is -2.23. The summed E-state index contributed by atoms with van der Waals surface area (Å²) in [5, 5.41) is 3.41. The lowest BCUT2D eigenvalue weighted by atomic mass is 10.1. The highest BCUT2D eigenvalue weighted by molar-refractivity contribution is 6.31. The normalized spacial score (nSPS) is 10.3. The van der Waals surface area contributed by atoms with Crippen molar-refractivity contribution in [2.75, 3.05) is 25.1 Å². The van der Waals surface area contributed by atoms with E-state index in [1.54, 1.807) is 25.3 Å². The number of benzene rings is 2. The standard InChI is InChI=1S/C20H23ClN2O3/c1-14-17(21)8-6-9-18(14)23(15(2)24)13-20(25)22-12-11-16-7-4-5-10-19(16)26-3/h4-10H,11-13H2,1-3H3,(H,22,25). The summed E-state index contributed by atoms with van der Waals surface area (Å²) in [6, 6.07) is 13.0. The summed E-state index contributed by atoms with van der Waals surface area (Å²) in [7, 11) is 1.62. The molecule has 5 nitrogen and oxygen atoms in total. The second kappa shape index (κ2) is 9.25. The van der Waals surface area contributed by atoms with Gasteiger partial charge in [0.25, 0.3) is 0 Å². The maximum Gasteiger partial charge on any atom is 0.240 e. The van der Waals surface area contributed by atoms with Gasteiger partial charge in [0.15, 0.2) is 0 Å². The number of anilines is 1. The van der Waals surface area contributed by atoms with Gasteiger partial charge in [-0.25, -0.2) is 0 Å². The minimum atomic E-state index is -0.227. The number of hydrogen-bond acceptors (Lipinski definition) is 3. The van der Waals surface area contributed by atoms with Gasteiger partial charge >= 0.3 is 0 Å². The fraction of sp³-hybridized carbons (Fsp3) is 0.300. The van der Waals surface area contributed by atoms with Gasteiger partial charge in [-0.05, 0) is 42.7 Å². The molecule has 0 heterocycles. The number of halogens is 1. The summed E-state index contributed by atoms with van der Waals surface area (Å²) in [6.07, 6.45) is 0.645. The van der Waals surface area contributed by atoms with E-state index >= 15 is 0 Å². The Hall–Kier alpha value is -2.53. The van der Waals surface area contributed by atoms with Crippen LogP contribution in [-0.2, 0) is 16.0 Å². The van der Waals surface area contributed by atoms with Crippen LogP contribution in [0.2, 0.25) is 5.02 Å². The van der Waals surface area contributed by atoms with Gasteiger partial charge in [0.1, 0.15) is 12.3 Å². The van der Waals surface area contributed by atoms with Crippen molar-refractivity contribution < 1.29 is 14.3 Å². The first-order valence-electron chi connectivity index (χ1n) is 8.36. The third kappa shape index (κ3) is 4.99. The summed E-state index contributed by atoms with van der Waals surface area (Å²) < 4.78 is 5.30.